The Hall–Kier alpha value is -4.11. The van der Waals surface area contributed by atoms with Crippen molar-refractivity contribution in [3.05, 3.63) is 82.0 Å². The van der Waals surface area contributed by atoms with Crippen LogP contribution in [-0.2, 0) is 14.1 Å². The molecule has 0 spiro atoms. The van der Waals surface area contributed by atoms with Crippen LogP contribution in [0.15, 0.2) is 66.0 Å². The van der Waals surface area contributed by atoms with Crippen LogP contribution in [-0.4, -0.2) is 34.6 Å². The van der Waals surface area contributed by atoms with Gasteiger partial charge in [0, 0.05) is 28.1 Å². The SMILES string of the molecule is Cn1nnn2c(/C(c3cccs3)=c3/c4ccccc4c4n3nn[n+]4C)c3ccccc3c12. The molecule has 5 aromatic heterocycles. The van der Waals surface area contributed by atoms with Crippen molar-refractivity contribution in [2.75, 3.05) is 0 Å². The Morgan fingerprint density at radius 3 is 2.34 bits per heavy atom. The Kier molecular flexibility index (Phi) is 3.41. The summed E-state index contributed by atoms with van der Waals surface area (Å²) in [5, 5.41) is 25.3. The second-order valence-electron chi connectivity index (χ2n) is 7.82. The highest BCUT2D eigenvalue weighted by Crippen LogP contribution is 2.34. The van der Waals surface area contributed by atoms with E-state index in [0.29, 0.717) is 0 Å². The first-order valence-electron chi connectivity index (χ1n) is 10.2. The van der Waals surface area contributed by atoms with Gasteiger partial charge in [0.25, 0.3) is 5.65 Å². The van der Waals surface area contributed by atoms with Gasteiger partial charge in [0.1, 0.15) is 5.21 Å². The van der Waals surface area contributed by atoms with Crippen molar-refractivity contribution in [3.63, 3.8) is 0 Å². The molecule has 7 aromatic rings. The molecule has 0 saturated heterocycles. The topological polar surface area (TPSA) is 69.2 Å². The van der Waals surface area contributed by atoms with Crippen LogP contribution in [0.4, 0.5) is 0 Å². The average molecular weight is 438 g/mol. The molecule has 5 heterocycles. The van der Waals surface area contributed by atoms with Crippen LogP contribution in [0.2, 0.25) is 0 Å². The molecule has 0 aliphatic heterocycles. The predicted molar refractivity (Wildman–Crippen MR) is 122 cm³/mol. The number of hydrogen-bond donors (Lipinski definition) is 0. The third-order valence-corrected chi connectivity index (χ3v) is 6.94. The summed E-state index contributed by atoms with van der Waals surface area (Å²) in [5.74, 6) is 0. The van der Waals surface area contributed by atoms with Gasteiger partial charge in [-0.2, -0.15) is 4.52 Å². The van der Waals surface area contributed by atoms with E-state index < -0.39 is 0 Å². The van der Waals surface area contributed by atoms with Crippen molar-refractivity contribution in [3.8, 4) is 0 Å². The molecule has 0 fully saturated rings. The maximum atomic E-state index is 4.52. The molecule has 0 N–H and O–H groups in total. The van der Waals surface area contributed by atoms with Gasteiger partial charge in [0.05, 0.1) is 23.7 Å². The predicted octanol–water partition coefficient (Wildman–Crippen LogP) is 2.27. The van der Waals surface area contributed by atoms with Crippen LogP contribution in [0.3, 0.4) is 0 Å². The largest absolute Gasteiger partial charge is 0.295 e. The van der Waals surface area contributed by atoms with Gasteiger partial charge in [-0.3, -0.25) is 0 Å². The van der Waals surface area contributed by atoms with Gasteiger partial charge in [0.15, 0.2) is 16.2 Å². The lowest BCUT2D eigenvalue weighted by Gasteiger charge is -2.04. The lowest BCUT2D eigenvalue weighted by atomic mass is 10.0. The Morgan fingerprint density at radius 1 is 0.812 bits per heavy atom. The summed E-state index contributed by atoms with van der Waals surface area (Å²) in [5.41, 5.74) is 3.98. The first-order chi connectivity index (χ1) is 15.7. The Balaban J connectivity index is 1.83. The van der Waals surface area contributed by atoms with E-state index >= 15 is 0 Å². The summed E-state index contributed by atoms with van der Waals surface area (Å²) in [6, 6.07) is 21.0. The standard InChI is InChI=1S/C23H17N8S/c1-28-22-16-10-5-3-8-14(16)20(30(22)26-24-28)19(18-12-7-13-32-18)21-15-9-4-6-11-17(15)23-29(2)25-27-31(21)23/h3-13H,1-2H3/q+1. The summed E-state index contributed by atoms with van der Waals surface area (Å²) in [6.07, 6.45) is 0. The highest BCUT2D eigenvalue weighted by Gasteiger charge is 2.28. The number of tetrazole rings is 2. The Bertz CT molecular complexity index is 1850. The van der Waals surface area contributed by atoms with Crippen LogP contribution in [0.25, 0.3) is 38.4 Å². The molecule has 0 bridgehead atoms. The first kappa shape index (κ1) is 17.6. The third kappa shape index (κ3) is 2.12. The average Bonchev–Trinajstić information content (AvgIpc) is 3.61. The molecule has 2 aromatic carbocycles. The Labute approximate surface area is 185 Å². The van der Waals surface area contributed by atoms with Crippen molar-refractivity contribution in [1.82, 2.24) is 34.6 Å². The lowest BCUT2D eigenvalue weighted by Crippen LogP contribution is -2.30. The second-order valence-corrected chi connectivity index (χ2v) is 8.76. The fraction of sp³-hybridized carbons (Fsp3) is 0.0870. The molecule has 0 atom stereocenters. The molecule has 8 nitrogen and oxygen atoms in total. The minimum absolute atomic E-state index is 0.959. The first-order valence-corrected chi connectivity index (χ1v) is 11.1. The molecule has 0 radical (unpaired) electrons. The van der Waals surface area contributed by atoms with Crippen molar-refractivity contribution in [2.24, 2.45) is 14.1 Å². The van der Waals surface area contributed by atoms with E-state index in [1.54, 1.807) is 11.3 Å². The van der Waals surface area contributed by atoms with E-state index in [2.05, 4.69) is 86.9 Å². The van der Waals surface area contributed by atoms with Gasteiger partial charge >= 0.3 is 0 Å². The molecule has 154 valence electrons. The van der Waals surface area contributed by atoms with Gasteiger partial charge in [-0.05, 0) is 32.5 Å². The van der Waals surface area contributed by atoms with Gasteiger partial charge in [-0.25, -0.2) is 4.68 Å². The highest BCUT2D eigenvalue weighted by molar-refractivity contribution is 7.11. The number of rotatable bonds is 2. The minimum atomic E-state index is 0.959. The quantitative estimate of drug-likeness (QED) is 0.389. The zero-order chi connectivity index (χ0) is 21.4. The van der Waals surface area contributed by atoms with E-state index in [4.69, 9.17) is 0 Å². The lowest BCUT2D eigenvalue weighted by molar-refractivity contribution is -0.706. The van der Waals surface area contributed by atoms with Crippen molar-refractivity contribution >= 4 is 49.7 Å². The molecular formula is C23H17N8S+. The second kappa shape index (κ2) is 6.21. The number of thiophene rings is 1. The van der Waals surface area contributed by atoms with Crippen molar-refractivity contribution in [1.29, 1.82) is 0 Å². The fourth-order valence-corrected chi connectivity index (χ4v) is 5.54. The maximum absolute atomic E-state index is 4.52. The fourth-order valence-electron chi connectivity index (χ4n) is 4.77. The number of benzene rings is 2. The van der Waals surface area contributed by atoms with E-state index in [1.165, 1.54) is 0 Å². The molecule has 0 unspecified atom stereocenters. The molecule has 32 heavy (non-hydrogen) atoms. The zero-order valence-electron chi connectivity index (χ0n) is 17.3. The molecular weight excluding hydrogens is 420 g/mol. The van der Waals surface area contributed by atoms with Crippen molar-refractivity contribution in [2.45, 2.75) is 0 Å². The van der Waals surface area contributed by atoms with Gasteiger partial charge in [-0.15, -0.1) is 16.0 Å². The summed E-state index contributed by atoms with van der Waals surface area (Å²) >= 11 is 1.70. The number of hydrogen-bond acceptors (Lipinski definition) is 5. The monoisotopic (exact) mass is 437 g/mol. The minimum Gasteiger partial charge on any atom is -0.230 e. The van der Waals surface area contributed by atoms with Gasteiger partial charge in [-0.1, -0.05) is 48.5 Å². The zero-order valence-corrected chi connectivity index (χ0v) is 18.2. The van der Waals surface area contributed by atoms with Crippen molar-refractivity contribution < 1.29 is 4.68 Å². The summed E-state index contributed by atoms with van der Waals surface area (Å²) in [6.45, 7) is 0. The number of aromatic nitrogens is 8. The molecule has 0 saturated carbocycles. The van der Waals surface area contributed by atoms with Crippen LogP contribution >= 0.6 is 11.3 Å². The van der Waals surface area contributed by atoms with E-state index in [1.807, 2.05) is 32.5 Å². The maximum Gasteiger partial charge on any atom is 0.295 e. The molecule has 0 aliphatic carbocycles. The van der Waals surface area contributed by atoms with Crippen LogP contribution in [0.5, 0.6) is 0 Å². The number of aryl methyl sites for hydroxylation is 2. The van der Waals surface area contributed by atoms with Crippen LogP contribution < -0.4 is 10.0 Å². The van der Waals surface area contributed by atoms with Gasteiger partial charge in [0.2, 0.25) is 0 Å². The molecule has 9 heteroatoms. The summed E-state index contributed by atoms with van der Waals surface area (Å²) < 4.78 is 7.55. The molecule has 0 aliphatic rings. The van der Waals surface area contributed by atoms with E-state index in [-0.39, 0.29) is 0 Å². The summed E-state index contributed by atoms with van der Waals surface area (Å²) in [7, 11) is 3.85. The smallest absolute Gasteiger partial charge is 0.230 e. The normalized spacial score (nSPS) is 13.2. The van der Waals surface area contributed by atoms with Crippen LogP contribution in [0, 0.1) is 0 Å². The number of nitrogens with zero attached hydrogens (tertiary/aromatic N) is 8. The van der Waals surface area contributed by atoms with E-state index in [0.717, 1.165) is 54.3 Å². The van der Waals surface area contributed by atoms with E-state index in [9.17, 15) is 0 Å². The summed E-state index contributed by atoms with van der Waals surface area (Å²) in [4.78, 5) is 1.14. The van der Waals surface area contributed by atoms with Crippen LogP contribution in [0.1, 0.15) is 10.6 Å². The molecule has 0 amide bonds. The number of fused-ring (bicyclic) bond motifs is 6. The third-order valence-electron chi connectivity index (χ3n) is 6.05. The highest BCUT2D eigenvalue weighted by atomic mass is 32.1. The molecule has 7 rings (SSSR count). The van der Waals surface area contributed by atoms with Gasteiger partial charge < -0.3 is 0 Å². The Morgan fingerprint density at radius 2 is 1.56 bits per heavy atom.